The average Bonchev–Trinajstić information content (AvgIpc) is 3.17. The summed E-state index contributed by atoms with van der Waals surface area (Å²) in [6.07, 6.45) is 0. The van der Waals surface area contributed by atoms with Crippen LogP contribution in [0.25, 0.3) is 5.76 Å². The minimum atomic E-state index is -0.845. The molecule has 2 N–H and O–H groups in total. The number of hydrogen-bond acceptors (Lipinski definition) is 7. The van der Waals surface area contributed by atoms with Crippen molar-refractivity contribution in [3.05, 3.63) is 94.6 Å². The normalized spacial score (nSPS) is 16.6. The molecule has 1 aliphatic heterocycles. The van der Waals surface area contributed by atoms with Crippen LogP contribution < -0.4 is 9.47 Å². The number of likely N-dealkylation sites (tertiary alicyclic amines) is 1. The molecule has 8 nitrogen and oxygen atoms in total. The van der Waals surface area contributed by atoms with Crippen molar-refractivity contribution in [2.45, 2.75) is 26.5 Å². The van der Waals surface area contributed by atoms with E-state index in [1.54, 1.807) is 43.3 Å². The Labute approximate surface area is 228 Å². The number of aliphatic hydroxyl groups excluding tert-OH is 1. The van der Waals surface area contributed by atoms with Crippen LogP contribution >= 0.6 is 0 Å². The van der Waals surface area contributed by atoms with E-state index in [0.29, 0.717) is 36.6 Å². The van der Waals surface area contributed by atoms with Gasteiger partial charge in [-0.1, -0.05) is 35.9 Å². The minimum absolute atomic E-state index is 0.0136. The fraction of sp³-hybridized carbons (Fsp3) is 0.290. The zero-order chi connectivity index (χ0) is 28.1. The molecule has 0 unspecified atom stereocenters. The Morgan fingerprint density at radius 2 is 1.74 bits per heavy atom. The molecule has 1 atom stereocenters. The second-order valence-electron chi connectivity index (χ2n) is 9.76. The number of rotatable bonds is 10. The van der Waals surface area contributed by atoms with E-state index in [1.165, 1.54) is 11.0 Å². The molecule has 0 saturated carbocycles. The molecular formula is C31H34N2O6. The molecule has 204 valence electrons. The van der Waals surface area contributed by atoms with Crippen LogP contribution in [0.1, 0.15) is 35.2 Å². The Kier molecular flexibility index (Phi) is 8.56. The van der Waals surface area contributed by atoms with Crippen molar-refractivity contribution in [3.8, 4) is 17.2 Å². The number of ether oxygens (including phenoxy) is 2. The van der Waals surface area contributed by atoms with Gasteiger partial charge in [-0.25, -0.2) is 0 Å². The lowest BCUT2D eigenvalue weighted by molar-refractivity contribution is -0.140. The fourth-order valence-electron chi connectivity index (χ4n) is 4.57. The summed E-state index contributed by atoms with van der Waals surface area (Å²) in [5.74, 6) is -0.928. The number of ketones is 1. The van der Waals surface area contributed by atoms with Crippen molar-refractivity contribution in [1.82, 2.24) is 9.80 Å². The number of aromatic hydroxyl groups is 1. The number of aliphatic hydroxyl groups is 1. The summed E-state index contributed by atoms with van der Waals surface area (Å²) in [5, 5.41) is 21.6. The third kappa shape index (κ3) is 6.23. The second kappa shape index (κ2) is 12.0. The Bertz CT molecular complexity index is 1380. The van der Waals surface area contributed by atoms with Crippen molar-refractivity contribution in [2.24, 2.45) is 0 Å². The number of nitrogens with zero attached hydrogens (tertiary/aromatic N) is 2. The van der Waals surface area contributed by atoms with Gasteiger partial charge >= 0.3 is 0 Å². The monoisotopic (exact) mass is 530 g/mol. The second-order valence-corrected chi connectivity index (χ2v) is 9.76. The summed E-state index contributed by atoms with van der Waals surface area (Å²) in [6, 6.07) is 18.7. The molecule has 3 aromatic rings. The maximum absolute atomic E-state index is 13.3. The van der Waals surface area contributed by atoms with E-state index in [9.17, 15) is 19.8 Å². The van der Waals surface area contributed by atoms with Gasteiger partial charge in [-0.3, -0.25) is 9.59 Å². The van der Waals surface area contributed by atoms with E-state index in [0.717, 1.165) is 11.1 Å². The smallest absolute Gasteiger partial charge is 0.295 e. The summed E-state index contributed by atoms with van der Waals surface area (Å²) in [7, 11) is 3.75. The van der Waals surface area contributed by atoms with E-state index in [4.69, 9.17) is 9.47 Å². The van der Waals surface area contributed by atoms with Crippen LogP contribution in [0, 0.1) is 6.92 Å². The zero-order valence-electron chi connectivity index (χ0n) is 22.7. The maximum Gasteiger partial charge on any atom is 0.295 e. The van der Waals surface area contributed by atoms with Gasteiger partial charge in [-0.2, -0.15) is 0 Å². The van der Waals surface area contributed by atoms with Gasteiger partial charge in [0.1, 0.15) is 18.1 Å². The highest BCUT2D eigenvalue weighted by atomic mass is 16.5. The van der Waals surface area contributed by atoms with E-state index in [2.05, 4.69) is 6.07 Å². The van der Waals surface area contributed by atoms with E-state index in [1.807, 2.05) is 44.1 Å². The van der Waals surface area contributed by atoms with Crippen LogP contribution in [0.15, 0.2) is 72.3 Å². The standard InChI is InChI=1S/C31H34N2O6/c1-5-38-26-18-23(11-14-25(26)34)28-27(30(36)31(37)33(28)16-15-32(3)4)29(35)22-9-12-24(13-10-22)39-19-21-8-6-7-20(2)17-21/h6-14,17-18,28,34-35H,5,15-16,19H2,1-4H3/b29-27+/t28-/m1/s1. The van der Waals surface area contributed by atoms with Crippen LogP contribution in [0.4, 0.5) is 0 Å². The van der Waals surface area contributed by atoms with Crippen molar-refractivity contribution >= 4 is 17.4 Å². The fourth-order valence-corrected chi connectivity index (χ4v) is 4.57. The van der Waals surface area contributed by atoms with Crippen molar-refractivity contribution in [3.63, 3.8) is 0 Å². The largest absolute Gasteiger partial charge is 0.507 e. The van der Waals surface area contributed by atoms with Crippen molar-refractivity contribution in [1.29, 1.82) is 0 Å². The molecule has 1 aliphatic rings. The SMILES string of the molecule is CCOc1cc([C@@H]2/C(=C(\O)c3ccc(OCc4cccc(C)c4)cc3)C(=O)C(=O)N2CCN(C)C)ccc1O. The number of carbonyl (C=O) groups is 2. The van der Waals surface area contributed by atoms with Crippen LogP contribution in [0.2, 0.25) is 0 Å². The van der Waals surface area contributed by atoms with Gasteiger partial charge in [-0.15, -0.1) is 0 Å². The molecule has 1 saturated heterocycles. The van der Waals surface area contributed by atoms with Gasteiger partial charge in [0.25, 0.3) is 11.7 Å². The van der Waals surface area contributed by atoms with Gasteiger partial charge < -0.3 is 29.5 Å². The number of amides is 1. The quantitative estimate of drug-likeness (QED) is 0.223. The Morgan fingerprint density at radius 3 is 2.41 bits per heavy atom. The summed E-state index contributed by atoms with van der Waals surface area (Å²) >= 11 is 0. The molecule has 0 spiro atoms. The summed E-state index contributed by atoms with van der Waals surface area (Å²) in [5.41, 5.74) is 3.11. The lowest BCUT2D eigenvalue weighted by Crippen LogP contribution is -2.35. The van der Waals surface area contributed by atoms with Gasteiger partial charge in [-0.05, 0) is 75.5 Å². The molecule has 0 aliphatic carbocycles. The number of phenolic OH excluding ortho intramolecular Hbond substituents is 1. The molecule has 0 aromatic heterocycles. The number of hydrogen-bond donors (Lipinski definition) is 2. The Balaban J connectivity index is 1.68. The van der Waals surface area contributed by atoms with Gasteiger partial charge in [0.05, 0.1) is 18.2 Å². The van der Waals surface area contributed by atoms with Gasteiger partial charge in [0.15, 0.2) is 11.5 Å². The highest BCUT2D eigenvalue weighted by molar-refractivity contribution is 6.46. The van der Waals surface area contributed by atoms with Gasteiger partial charge in [0.2, 0.25) is 0 Å². The molecule has 8 heteroatoms. The van der Waals surface area contributed by atoms with E-state index >= 15 is 0 Å². The van der Waals surface area contributed by atoms with Gasteiger partial charge in [0, 0.05) is 18.7 Å². The highest BCUT2D eigenvalue weighted by Crippen LogP contribution is 2.41. The van der Waals surface area contributed by atoms with Crippen LogP contribution in [-0.2, 0) is 16.2 Å². The number of phenols is 1. The molecule has 0 bridgehead atoms. The lowest BCUT2D eigenvalue weighted by atomic mass is 9.95. The number of carbonyl (C=O) groups excluding carboxylic acids is 2. The third-order valence-corrected chi connectivity index (χ3v) is 6.54. The first-order valence-corrected chi connectivity index (χ1v) is 12.9. The molecule has 3 aromatic carbocycles. The minimum Gasteiger partial charge on any atom is -0.507 e. The van der Waals surface area contributed by atoms with Crippen molar-refractivity contribution in [2.75, 3.05) is 33.8 Å². The van der Waals surface area contributed by atoms with Crippen LogP contribution in [0.5, 0.6) is 17.2 Å². The first-order valence-electron chi connectivity index (χ1n) is 12.9. The van der Waals surface area contributed by atoms with E-state index < -0.39 is 17.7 Å². The molecule has 4 rings (SSSR count). The molecule has 1 fully saturated rings. The summed E-state index contributed by atoms with van der Waals surface area (Å²) in [6.45, 7) is 5.34. The summed E-state index contributed by atoms with van der Waals surface area (Å²) in [4.78, 5) is 29.8. The Hall–Kier alpha value is -4.30. The highest BCUT2D eigenvalue weighted by Gasteiger charge is 2.46. The molecular weight excluding hydrogens is 496 g/mol. The Morgan fingerprint density at radius 1 is 1.00 bits per heavy atom. The van der Waals surface area contributed by atoms with E-state index in [-0.39, 0.29) is 29.4 Å². The summed E-state index contributed by atoms with van der Waals surface area (Å²) < 4.78 is 11.4. The van der Waals surface area contributed by atoms with Crippen molar-refractivity contribution < 1.29 is 29.3 Å². The van der Waals surface area contributed by atoms with Crippen LogP contribution in [0.3, 0.4) is 0 Å². The third-order valence-electron chi connectivity index (χ3n) is 6.54. The molecule has 1 amide bonds. The lowest BCUT2D eigenvalue weighted by Gasteiger charge is -2.27. The predicted octanol–water partition coefficient (Wildman–Crippen LogP) is 4.66. The first kappa shape index (κ1) is 27.7. The molecule has 39 heavy (non-hydrogen) atoms. The van der Waals surface area contributed by atoms with Crippen LogP contribution in [-0.4, -0.2) is 65.5 Å². The topological polar surface area (TPSA) is 99.5 Å². The maximum atomic E-state index is 13.3. The number of aryl methyl sites for hydroxylation is 1. The number of benzene rings is 3. The number of Topliss-reactive ketones (excluding diaryl/α,β-unsaturated/α-hetero) is 1. The number of likely N-dealkylation sites (N-methyl/N-ethyl adjacent to an activating group) is 1. The molecule has 0 radical (unpaired) electrons. The predicted molar refractivity (Wildman–Crippen MR) is 149 cm³/mol. The zero-order valence-corrected chi connectivity index (χ0v) is 22.7. The molecule has 1 heterocycles. The first-order chi connectivity index (χ1) is 18.7. The average molecular weight is 531 g/mol.